The van der Waals surface area contributed by atoms with Crippen LogP contribution in [0.4, 0.5) is 0 Å². The van der Waals surface area contributed by atoms with Crippen molar-refractivity contribution in [2.75, 3.05) is 13.1 Å². The summed E-state index contributed by atoms with van der Waals surface area (Å²) in [5.41, 5.74) is 2.51. The number of fused-ring (bicyclic) bond motifs is 2. The lowest BCUT2D eigenvalue weighted by Crippen LogP contribution is -2.59. The van der Waals surface area contributed by atoms with E-state index in [9.17, 15) is 0 Å². The zero-order valence-electron chi connectivity index (χ0n) is 16.2. The second-order valence-corrected chi connectivity index (χ2v) is 7.92. The predicted molar refractivity (Wildman–Crippen MR) is 110 cm³/mol. The molecule has 0 amide bonds. The lowest BCUT2D eigenvalue weighted by molar-refractivity contribution is -0.0136. The van der Waals surface area contributed by atoms with E-state index < -0.39 is 0 Å². The summed E-state index contributed by atoms with van der Waals surface area (Å²) in [5, 5.41) is 0. The van der Waals surface area contributed by atoms with Crippen molar-refractivity contribution >= 4 is 0 Å². The molecule has 4 rings (SSSR count). The van der Waals surface area contributed by atoms with Gasteiger partial charge in [-0.1, -0.05) is 72.8 Å². The van der Waals surface area contributed by atoms with Crippen LogP contribution in [0.5, 0.6) is 0 Å². The van der Waals surface area contributed by atoms with Crippen molar-refractivity contribution in [3.63, 3.8) is 0 Å². The average molecular weight is 361 g/mol. The number of hydrogen-bond acceptors (Lipinski definition) is 3. The summed E-state index contributed by atoms with van der Waals surface area (Å²) in [4.78, 5) is 4.92. The fraction of sp³-hybridized carbons (Fsp3) is 0.333. The molecule has 1 fully saturated rings. The minimum atomic E-state index is -0.0155. The van der Waals surface area contributed by atoms with Crippen LogP contribution in [0.3, 0.4) is 0 Å². The fourth-order valence-corrected chi connectivity index (χ4v) is 4.37. The van der Waals surface area contributed by atoms with Gasteiger partial charge in [0.15, 0.2) is 5.88 Å². The highest BCUT2D eigenvalue weighted by Crippen LogP contribution is 2.38. The smallest absolute Gasteiger partial charge is 0.182 e. The minimum absolute atomic E-state index is 0.0155. The molecule has 3 nitrogen and oxygen atoms in total. The molecule has 27 heavy (non-hydrogen) atoms. The quantitative estimate of drug-likeness (QED) is 0.556. The molecule has 1 saturated heterocycles. The van der Waals surface area contributed by atoms with Crippen molar-refractivity contribution in [2.45, 2.75) is 38.1 Å². The normalized spacial score (nSPS) is 22.1. The highest BCUT2D eigenvalue weighted by Gasteiger charge is 2.44. The van der Waals surface area contributed by atoms with Gasteiger partial charge in [0.2, 0.25) is 0 Å². The number of hydrogen-bond donors (Lipinski definition) is 0. The van der Waals surface area contributed by atoms with E-state index in [0.29, 0.717) is 18.7 Å². The molecule has 140 valence electrons. The van der Waals surface area contributed by atoms with Gasteiger partial charge in [0, 0.05) is 30.7 Å². The van der Waals surface area contributed by atoms with E-state index in [1.165, 1.54) is 11.1 Å². The molecule has 2 unspecified atom stereocenters. The molecule has 3 heteroatoms. The zero-order chi connectivity index (χ0) is 18.9. The molecule has 0 radical (unpaired) electrons. The molecule has 0 spiro atoms. The fourth-order valence-electron chi connectivity index (χ4n) is 4.37. The number of benzene rings is 2. The molecule has 2 aliphatic rings. The molecule has 0 saturated carbocycles. The maximum atomic E-state index is 5.98. The Balaban J connectivity index is 1.42. The molecule has 2 atom stereocenters. The topological polar surface area (TPSA) is 15.7 Å². The molecular formula is C24H28N2O. The van der Waals surface area contributed by atoms with Gasteiger partial charge in [-0.15, -0.1) is 0 Å². The van der Waals surface area contributed by atoms with Crippen LogP contribution in [-0.2, 0) is 16.9 Å². The van der Waals surface area contributed by atoms with Crippen molar-refractivity contribution in [3.05, 3.63) is 96.4 Å². The second kappa shape index (κ2) is 7.24. The summed E-state index contributed by atoms with van der Waals surface area (Å²) in [6.45, 7) is 11.2. The first-order valence-electron chi connectivity index (χ1n) is 9.68. The van der Waals surface area contributed by atoms with E-state index in [1.54, 1.807) is 0 Å². The first kappa shape index (κ1) is 17.9. The molecule has 0 aromatic heterocycles. The first-order chi connectivity index (χ1) is 13.1. The van der Waals surface area contributed by atoms with Gasteiger partial charge in [0.05, 0.1) is 0 Å². The van der Waals surface area contributed by atoms with Crippen LogP contribution in [0, 0.1) is 0 Å². The van der Waals surface area contributed by atoms with Gasteiger partial charge in [0.1, 0.15) is 6.61 Å². The summed E-state index contributed by atoms with van der Waals surface area (Å²) in [7, 11) is 0. The molecule has 2 heterocycles. The van der Waals surface area contributed by atoms with Crippen molar-refractivity contribution in [1.82, 2.24) is 9.80 Å². The van der Waals surface area contributed by atoms with Crippen LogP contribution in [0.2, 0.25) is 0 Å². The highest BCUT2D eigenvalue weighted by atomic mass is 16.5. The van der Waals surface area contributed by atoms with E-state index in [0.717, 1.165) is 19.0 Å². The highest BCUT2D eigenvalue weighted by molar-refractivity contribution is 5.28. The van der Waals surface area contributed by atoms with Crippen LogP contribution >= 0.6 is 0 Å². The van der Waals surface area contributed by atoms with Crippen molar-refractivity contribution < 1.29 is 4.74 Å². The average Bonchev–Trinajstić information content (AvgIpc) is 2.98. The number of piperazine rings is 1. The van der Waals surface area contributed by atoms with Gasteiger partial charge in [-0.05, 0) is 31.6 Å². The number of ether oxygens (including phenoxy) is 1. The Bertz CT molecular complexity index is 797. The first-order valence-corrected chi connectivity index (χ1v) is 9.68. The van der Waals surface area contributed by atoms with Crippen molar-refractivity contribution in [2.24, 2.45) is 0 Å². The van der Waals surface area contributed by atoms with Crippen LogP contribution in [-0.4, -0.2) is 35.0 Å². The van der Waals surface area contributed by atoms with Crippen LogP contribution in [0.15, 0.2) is 85.3 Å². The lowest BCUT2D eigenvalue weighted by Gasteiger charge is -2.50. The Morgan fingerprint density at radius 1 is 0.963 bits per heavy atom. The third-order valence-electron chi connectivity index (χ3n) is 5.81. The molecule has 2 aromatic carbocycles. The monoisotopic (exact) mass is 360 g/mol. The van der Waals surface area contributed by atoms with Gasteiger partial charge in [0.25, 0.3) is 0 Å². The zero-order valence-corrected chi connectivity index (χ0v) is 16.2. The van der Waals surface area contributed by atoms with Crippen LogP contribution in [0.25, 0.3) is 0 Å². The largest absolute Gasteiger partial charge is 0.475 e. The van der Waals surface area contributed by atoms with Gasteiger partial charge in [-0.2, -0.15) is 0 Å². The summed E-state index contributed by atoms with van der Waals surface area (Å²) >= 11 is 0. The van der Waals surface area contributed by atoms with Crippen molar-refractivity contribution in [1.29, 1.82) is 0 Å². The second-order valence-electron chi connectivity index (χ2n) is 7.92. The molecule has 0 N–H and O–H groups in total. The Labute approximate surface area is 162 Å². The van der Waals surface area contributed by atoms with Gasteiger partial charge in [-0.25, -0.2) is 0 Å². The maximum absolute atomic E-state index is 5.98. The van der Waals surface area contributed by atoms with Gasteiger partial charge in [-0.3, -0.25) is 4.90 Å². The third-order valence-corrected chi connectivity index (χ3v) is 5.81. The van der Waals surface area contributed by atoms with E-state index in [4.69, 9.17) is 4.74 Å². The predicted octanol–water partition coefficient (Wildman–Crippen LogP) is 4.53. The Hall–Kier alpha value is -2.52. The van der Waals surface area contributed by atoms with E-state index >= 15 is 0 Å². The van der Waals surface area contributed by atoms with Gasteiger partial charge < -0.3 is 9.64 Å². The Morgan fingerprint density at radius 2 is 1.52 bits per heavy atom. The molecule has 2 bridgehead atoms. The standard InChI is InChI=1S/C24H28N2O/c1-19(27-18-20-10-6-4-7-11-20)25-16-22-14-15-23(17-25)26(22)24(2,3)21-12-8-5-9-13-21/h4-15,22-23H,1,16-18H2,2-3H3. The van der Waals surface area contributed by atoms with Gasteiger partial charge >= 0.3 is 0 Å². The number of rotatable bonds is 6. The van der Waals surface area contributed by atoms with E-state index in [-0.39, 0.29) is 5.54 Å². The summed E-state index contributed by atoms with van der Waals surface area (Å²) in [6.07, 6.45) is 4.69. The molecule has 2 aliphatic heterocycles. The summed E-state index contributed by atoms with van der Waals surface area (Å²) < 4.78 is 5.98. The lowest BCUT2D eigenvalue weighted by atomic mass is 9.89. The van der Waals surface area contributed by atoms with Crippen LogP contribution < -0.4 is 0 Å². The maximum Gasteiger partial charge on any atom is 0.182 e. The van der Waals surface area contributed by atoms with E-state index in [1.807, 2.05) is 18.2 Å². The molecule has 2 aromatic rings. The number of nitrogens with zero attached hydrogens (tertiary/aromatic N) is 2. The van der Waals surface area contributed by atoms with Crippen molar-refractivity contribution in [3.8, 4) is 0 Å². The Kier molecular flexibility index (Phi) is 4.79. The molecular weight excluding hydrogens is 332 g/mol. The molecule has 0 aliphatic carbocycles. The third kappa shape index (κ3) is 3.52. The summed E-state index contributed by atoms with van der Waals surface area (Å²) in [5.74, 6) is 0.773. The SMILES string of the molecule is C=C(OCc1ccccc1)N1CC2C=CC(C1)N2C(C)(C)c1ccccc1. The Morgan fingerprint density at radius 3 is 2.11 bits per heavy atom. The summed E-state index contributed by atoms with van der Waals surface area (Å²) in [6, 6.07) is 21.8. The van der Waals surface area contributed by atoms with E-state index in [2.05, 4.69) is 84.8 Å². The minimum Gasteiger partial charge on any atom is -0.475 e. The van der Waals surface area contributed by atoms with Crippen LogP contribution in [0.1, 0.15) is 25.0 Å².